The topological polar surface area (TPSA) is 40.7 Å². The maximum atomic E-state index is 4.28. The summed E-state index contributed by atoms with van der Waals surface area (Å²) in [6.45, 7) is 3.23. The van der Waals surface area contributed by atoms with Crippen molar-refractivity contribution in [3.63, 3.8) is 0 Å². The average Bonchev–Trinajstić information content (AvgIpc) is 2.96. The van der Waals surface area contributed by atoms with Gasteiger partial charge in [0.2, 0.25) is 0 Å². The fourth-order valence-corrected chi connectivity index (χ4v) is 2.49. The lowest BCUT2D eigenvalue weighted by Gasteiger charge is -2.15. The van der Waals surface area contributed by atoms with Crippen molar-refractivity contribution < 1.29 is 0 Å². The van der Waals surface area contributed by atoms with Crippen molar-refractivity contribution >= 4 is 11.3 Å². The normalized spacial score (nSPS) is 12.8. The average molecular weight is 235 g/mol. The minimum atomic E-state index is 0.381. The Morgan fingerprint density at radius 1 is 1.56 bits per heavy atom. The molecule has 3 nitrogen and oxygen atoms in total. The highest BCUT2D eigenvalue weighted by Gasteiger charge is 2.13. The van der Waals surface area contributed by atoms with E-state index in [1.165, 1.54) is 4.88 Å². The quantitative estimate of drug-likeness (QED) is 0.808. The Kier molecular flexibility index (Phi) is 4.13. The molecule has 2 rings (SSSR count). The molecule has 0 saturated carbocycles. The second-order valence-corrected chi connectivity index (χ2v) is 4.74. The van der Waals surface area contributed by atoms with Gasteiger partial charge in [0.25, 0.3) is 0 Å². The molecule has 0 amide bonds. The number of nitrogens with one attached hydrogen (secondary N) is 2. The van der Waals surface area contributed by atoms with Gasteiger partial charge in [-0.15, -0.1) is 11.3 Å². The highest BCUT2D eigenvalue weighted by atomic mass is 32.1. The molecule has 0 spiro atoms. The van der Waals surface area contributed by atoms with Crippen LogP contribution in [0.15, 0.2) is 29.9 Å². The predicted molar refractivity (Wildman–Crippen MR) is 67.6 cm³/mol. The van der Waals surface area contributed by atoms with Gasteiger partial charge in [0.05, 0.1) is 0 Å². The second-order valence-electron chi connectivity index (χ2n) is 3.76. The van der Waals surface area contributed by atoms with E-state index in [2.05, 4.69) is 39.7 Å². The van der Waals surface area contributed by atoms with Crippen LogP contribution < -0.4 is 5.32 Å². The molecule has 0 bridgehead atoms. The Morgan fingerprint density at radius 3 is 3.12 bits per heavy atom. The second kappa shape index (κ2) is 5.82. The highest BCUT2D eigenvalue weighted by molar-refractivity contribution is 7.10. The SMILES string of the molecule is CCCNC(Cc1ncc[nH]1)c1cccs1. The summed E-state index contributed by atoms with van der Waals surface area (Å²) in [4.78, 5) is 8.82. The molecule has 2 aromatic rings. The lowest BCUT2D eigenvalue weighted by molar-refractivity contribution is 0.527. The van der Waals surface area contributed by atoms with Crippen molar-refractivity contribution in [2.24, 2.45) is 0 Å². The molecule has 0 aliphatic rings. The summed E-state index contributed by atoms with van der Waals surface area (Å²) in [6.07, 6.45) is 5.76. The lowest BCUT2D eigenvalue weighted by Crippen LogP contribution is -2.23. The van der Waals surface area contributed by atoms with Crippen LogP contribution in [0.1, 0.15) is 30.1 Å². The summed E-state index contributed by atoms with van der Waals surface area (Å²) >= 11 is 1.80. The maximum absolute atomic E-state index is 4.28. The van der Waals surface area contributed by atoms with Crippen molar-refractivity contribution in [2.75, 3.05) is 6.54 Å². The third-order valence-electron chi connectivity index (χ3n) is 2.48. The van der Waals surface area contributed by atoms with E-state index in [4.69, 9.17) is 0 Å². The molecule has 2 aromatic heterocycles. The van der Waals surface area contributed by atoms with Crippen LogP contribution in [0.3, 0.4) is 0 Å². The Balaban J connectivity index is 2.03. The van der Waals surface area contributed by atoms with Gasteiger partial charge < -0.3 is 10.3 Å². The van der Waals surface area contributed by atoms with E-state index in [0.29, 0.717) is 6.04 Å². The van der Waals surface area contributed by atoms with Crippen LogP contribution in [0, 0.1) is 0 Å². The minimum Gasteiger partial charge on any atom is -0.349 e. The Bertz CT molecular complexity index is 380. The van der Waals surface area contributed by atoms with E-state index in [1.807, 2.05) is 6.20 Å². The van der Waals surface area contributed by atoms with Gasteiger partial charge in [-0.05, 0) is 24.4 Å². The maximum Gasteiger partial charge on any atom is 0.107 e. The summed E-state index contributed by atoms with van der Waals surface area (Å²) in [5.74, 6) is 1.04. The van der Waals surface area contributed by atoms with Crippen molar-refractivity contribution in [3.8, 4) is 0 Å². The van der Waals surface area contributed by atoms with Crippen LogP contribution in [0.2, 0.25) is 0 Å². The third kappa shape index (κ3) is 2.93. The van der Waals surface area contributed by atoms with E-state index in [-0.39, 0.29) is 0 Å². The fourth-order valence-electron chi connectivity index (χ4n) is 1.68. The molecule has 0 radical (unpaired) electrons. The number of aromatic amines is 1. The fraction of sp³-hybridized carbons (Fsp3) is 0.417. The van der Waals surface area contributed by atoms with Crippen LogP contribution in [0.25, 0.3) is 0 Å². The highest BCUT2D eigenvalue weighted by Crippen LogP contribution is 2.21. The molecule has 4 heteroatoms. The molecule has 0 fully saturated rings. The molecular weight excluding hydrogens is 218 g/mol. The van der Waals surface area contributed by atoms with Crippen molar-refractivity contribution in [1.29, 1.82) is 0 Å². The summed E-state index contributed by atoms with van der Waals surface area (Å²) < 4.78 is 0. The van der Waals surface area contributed by atoms with Crippen LogP contribution in [0.4, 0.5) is 0 Å². The number of thiophene rings is 1. The zero-order chi connectivity index (χ0) is 11.2. The van der Waals surface area contributed by atoms with Crippen molar-refractivity contribution in [3.05, 3.63) is 40.6 Å². The lowest BCUT2D eigenvalue weighted by atomic mass is 10.1. The number of imidazole rings is 1. The largest absolute Gasteiger partial charge is 0.349 e. The first-order valence-corrected chi connectivity index (χ1v) is 6.53. The third-order valence-corrected chi connectivity index (χ3v) is 3.47. The molecule has 86 valence electrons. The van der Waals surface area contributed by atoms with Crippen LogP contribution in [-0.2, 0) is 6.42 Å². The van der Waals surface area contributed by atoms with Crippen molar-refractivity contribution in [2.45, 2.75) is 25.8 Å². The summed E-state index contributed by atoms with van der Waals surface area (Å²) in [5.41, 5.74) is 0. The number of hydrogen-bond donors (Lipinski definition) is 2. The van der Waals surface area contributed by atoms with Crippen LogP contribution in [0.5, 0.6) is 0 Å². The van der Waals surface area contributed by atoms with Gasteiger partial charge in [0, 0.05) is 29.7 Å². The molecule has 16 heavy (non-hydrogen) atoms. The summed E-state index contributed by atoms with van der Waals surface area (Å²) in [5, 5.41) is 5.68. The van der Waals surface area contributed by atoms with Gasteiger partial charge >= 0.3 is 0 Å². The summed E-state index contributed by atoms with van der Waals surface area (Å²) in [6, 6.07) is 4.66. The Hall–Kier alpha value is -1.13. The molecule has 0 aliphatic heterocycles. The van der Waals surface area contributed by atoms with Crippen LogP contribution >= 0.6 is 11.3 Å². The molecule has 2 N–H and O–H groups in total. The van der Waals surface area contributed by atoms with Crippen LogP contribution in [-0.4, -0.2) is 16.5 Å². The standard InChI is InChI=1S/C12H17N3S/c1-2-5-13-10(11-4-3-8-16-11)9-12-14-6-7-15-12/h3-4,6-8,10,13H,2,5,9H2,1H3,(H,14,15). The summed E-state index contributed by atoms with van der Waals surface area (Å²) in [7, 11) is 0. The minimum absolute atomic E-state index is 0.381. The van der Waals surface area contributed by atoms with E-state index in [0.717, 1.165) is 25.2 Å². The monoisotopic (exact) mass is 235 g/mol. The van der Waals surface area contributed by atoms with Gasteiger partial charge in [-0.25, -0.2) is 4.98 Å². The van der Waals surface area contributed by atoms with Gasteiger partial charge in [-0.3, -0.25) is 0 Å². The van der Waals surface area contributed by atoms with Gasteiger partial charge in [0.1, 0.15) is 5.82 Å². The molecular formula is C12H17N3S. The zero-order valence-electron chi connectivity index (χ0n) is 9.44. The van der Waals surface area contributed by atoms with Crippen molar-refractivity contribution in [1.82, 2.24) is 15.3 Å². The smallest absolute Gasteiger partial charge is 0.107 e. The first-order valence-electron chi connectivity index (χ1n) is 5.65. The van der Waals surface area contributed by atoms with Gasteiger partial charge in [0.15, 0.2) is 0 Å². The van der Waals surface area contributed by atoms with Gasteiger partial charge in [-0.1, -0.05) is 13.0 Å². The molecule has 0 saturated heterocycles. The first kappa shape index (κ1) is 11.4. The predicted octanol–water partition coefficient (Wildman–Crippen LogP) is 2.75. The number of hydrogen-bond acceptors (Lipinski definition) is 3. The molecule has 0 aromatic carbocycles. The van der Waals surface area contributed by atoms with E-state index in [9.17, 15) is 0 Å². The van der Waals surface area contributed by atoms with E-state index in [1.54, 1.807) is 17.5 Å². The molecule has 1 unspecified atom stereocenters. The van der Waals surface area contributed by atoms with E-state index < -0.39 is 0 Å². The molecule has 0 aliphatic carbocycles. The Morgan fingerprint density at radius 2 is 2.50 bits per heavy atom. The van der Waals surface area contributed by atoms with E-state index >= 15 is 0 Å². The molecule has 1 atom stereocenters. The van der Waals surface area contributed by atoms with Gasteiger partial charge in [-0.2, -0.15) is 0 Å². The Labute approximate surface area is 99.9 Å². The molecule has 2 heterocycles. The number of H-pyrrole nitrogens is 1. The number of aromatic nitrogens is 2. The zero-order valence-corrected chi connectivity index (χ0v) is 10.3. The number of rotatable bonds is 6. The number of nitrogens with zero attached hydrogens (tertiary/aromatic N) is 1. The first-order chi connectivity index (χ1) is 7.90.